The first-order chi connectivity index (χ1) is 9.60. The maximum absolute atomic E-state index is 12.4. The highest BCUT2D eigenvalue weighted by Crippen LogP contribution is 2.32. The van der Waals surface area contributed by atoms with Crippen molar-refractivity contribution >= 4 is 38.3 Å². The van der Waals surface area contributed by atoms with E-state index in [4.69, 9.17) is 4.74 Å². The minimum absolute atomic E-state index is 0.0672. The Kier molecular flexibility index (Phi) is 3.52. The van der Waals surface area contributed by atoms with Crippen LogP contribution in [0.15, 0.2) is 40.9 Å². The first-order valence-corrected chi connectivity index (χ1v) is 7.52. The molecule has 1 aliphatic rings. The lowest BCUT2D eigenvalue weighted by atomic mass is 10.0. The second-order valence-electron chi connectivity index (χ2n) is 5.28. The summed E-state index contributed by atoms with van der Waals surface area (Å²) in [4.78, 5) is 12.4. The van der Waals surface area contributed by atoms with Gasteiger partial charge in [0, 0.05) is 22.2 Å². The Hall–Kier alpha value is -1.39. The van der Waals surface area contributed by atoms with Crippen molar-refractivity contribution in [3.8, 4) is 0 Å². The first-order valence-electron chi connectivity index (χ1n) is 6.73. The third kappa shape index (κ3) is 2.34. The molecule has 4 heteroatoms. The summed E-state index contributed by atoms with van der Waals surface area (Å²) in [6, 6.07) is 11.9. The van der Waals surface area contributed by atoms with E-state index in [0.717, 1.165) is 33.8 Å². The number of benzene rings is 2. The molecular weight excluding hydrogens is 318 g/mol. The molecule has 2 aromatic rings. The second kappa shape index (κ2) is 5.19. The molecule has 1 saturated heterocycles. The van der Waals surface area contributed by atoms with Crippen molar-refractivity contribution in [3.63, 3.8) is 0 Å². The van der Waals surface area contributed by atoms with Gasteiger partial charge in [-0.05, 0) is 37.3 Å². The Labute approximate surface area is 126 Å². The van der Waals surface area contributed by atoms with Crippen LogP contribution in [0.25, 0.3) is 10.8 Å². The van der Waals surface area contributed by atoms with Crippen LogP contribution in [0.1, 0.15) is 19.8 Å². The zero-order valence-corrected chi connectivity index (χ0v) is 12.9. The molecule has 0 spiro atoms. The van der Waals surface area contributed by atoms with Gasteiger partial charge in [0.05, 0.1) is 0 Å². The van der Waals surface area contributed by atoms with Crippen molar-refractivity contribution in [1.29, 1.82) is 0 Å². The van der Waals surface area contributed by atoms with E-state index in [9.17, 15) is 4.79 Å². The van der Waals surface area contributed by atoms with Gasteiger partial charge in [-0.15, -0.1) is 0 Å². The molecule has 0 radical (unpaired) electrons. The molecule has 2 aromatic carbocycles. The summed E-state index contributed by atoms with van der Waals surface area (Å²) in [6.45, 7) is 2.52. The van der Waals surface area contributed by atoms with Gasteiger partial charge in [0.15, 0.2) is 0 Å². The van der Waals surface area contributed by atoms with Crippen LogP contribution in [0.2, 0.25) is 0 Å². The van der Waals surface area contributed by atoms with Crippen LogP contribution < -0.4 is 5.32 Å². The normalized spacial score (nSPS) is 22.1. The lowest BCUT2D eigenvalue weighted by Gasteiger charge is -2.22. The maximum Gasteiger partial charge on any atom is 0.256 e. The average molecular weight is 334 g/mol. The van der Waals surface area contributed by atoms with Crippen molar-refractivity contribution in [2.24, 2.45) is 0 Å². The number of rotatable bonds is 2. The number of hydrogen-bond acceptors (Lipinski definition) is 2. The molecule has 3 nitrogen and oxygen atoms in total. The Morgan fingerprint density at radius 2 is 2.00 bits per heavy atom. The first kappa shape index (κ1) is 13.6. The summed E-state index contributed by atoms with van der Waals surface area (Å²) < 4.78 is 6.61. The zero-order chi connectivity index (χ0) is 14.2. The average Bonchev–Trinajstić information content (AvgIpc) is 2.90. The van der Waals surface area contributed by atoms with Gasteiger partial charge in [-0.2, -0.15) is 0 Å². The number of amides is 1. The van der Waals surface area contributed by atoms with E-state index in [2.05, 4.69) is 21.2 Å². The van der Waals surface area contributed by atoms with Gasteiger partial charge in [-0.3, -0.25) is 4.79 Å². The van der Waals surface area contributed by atoms with Gasteiger partial charge in [0.2, 0.25) is 0 Å². The molecular formula is C16H16BrNO2. The molecule has 3 rings (SSSR count). The van der Waals surface area contributed by atoms with Gasteiger partial charge in [0.1, 0.15) is 5.60 Å². The van der Waals surface area contributed by atoms with E-state index in [1.165, 1.54) is 0 Å². The SMILES string of the molecule is CC1(C(=O)Nc2ccc(Br)c3ccccc23)CCCO1. The van der Waals surface area contributed by atoms with E-state index in [1.807, 2.05) is 43.3 Å². The Bertz CT molecular complexity index is 663. The molecule has 0 saturated carbocycles. The Morgan fingerprint density at radius 1 is 1.25 bits per heavy atom. The van der Waals surface area contributed by atoms with Crippen molar-refractivity contribution in [2.75, 3.05) is 11.9 Å². The quantitative estimate of drug-likeness (QED) is 0.898. The lowest BCUT2D eigenvalue weighted by molar-refractivity contribution is -0.133. The predicted molar refractivity (Wildman–Crippen MR) is 83.9 cm³/mol. The number of fused-ring (bicyclic) bond motifs is 1. The fourth-order valence-electron chi connectivity index (χ4n) is 2.58. The molecule has 20 heavy (non-hydrogen) atoms. The number of carbonyl (C=O) groups excluding carboxylic acids is 1. The van der Waals surface area contributed by atoms with Crippen LogP contribution in [-0.2, 0) is 9.53 Å². The molecule has 104 valence electrons. The number of halogens is 1. The molecule has 0 aliphatic carbocycles. The number of carbonyl (C=O) groups is 1. The molecule has 0 bridgehead atoms. The topological polar surface area (TPSA) is 38.3 Å². The van der Waals surface area contributed by atoms with Gasteiger partial charge in [-0.25, -0.2) is 0 Å². The molecule has 1 aliphatic heterocycles. The number of ether oxygens (including phenoxy) is 1. The summed E-state index contributed by atoms with van der Waals surface area (Å²) in [7, 11) is 0. The van der Waals surface area contributed by atoms with Crippen LogP contribution in [0.4, 0.5) is 5.69 Å². The van der Waals surface area contributed by atoms with E-state index in [0.29, 0.717) is 6.61 Å². The molecule has 1 fully saturated rings. The van der Waals surface area contributed by atoms with E-state index in [1.54, 1.807) is 0 Å². The van der Waals surface area contributed by atoms with E-state index >= 15 is 0 Å². The second-order valence-corrected chi connectivity index (χ2v) is 6.13. The minimum Gasteiger partial charge on any atom is -0.365 e. The molecule has 1 unspecified atom stereocenters. The van der Waals surface area contributed by atoms with Crippen molar-refractivity contribution in [2.45, 2.75) is 25.4 Å². The number of nitrogens with one attached hydrogen (secondary N) is 1. The van der Waals surface area contributed by atoms with Gasteiger partial charge in [-0.1, -0.05) is 40.2 Å². The van der Waals surface area contributed by atoms with Gasteiger partial charge < -0.3 is 10.1 Å². The predicted octanol–water partition coefficient (Wildman–Crippen LogP) is 4.11. The molecule has 1 atom stereocenters. The molecule has 1 N–H and O–H groups in total. The molecule has 1 heterocycles. The number of anilines is 1. The largest absolute Gasteiger partial charge is 0.365 e. The summed E-state index contributed by atoms with van der Waals surface area (Å²) in [5, 5.41) is 5.12. The minimum atomic E-state index is -0.700. The van der Waals surface area contributed by atoms with Crippen LogP contribution >= 0.6 is 15.9 Å². The summed E-state index contributed by atoms with van der Waals surface area (Å²) >= 11 is 3.54. The van der Waals surface area contributed by atoms with Crippen LogP contribution in [0.5, 0.6) is 0 Å². The standard InChI is InChI=1S/C16H16BrNO2/c1-16(9-4-10-20-16)15(19)18-14-8-7-13(17)11-5-2-3-6-12(11)14/h2-3,5-8H,4,9-10H2,1H3,(H,18,19). The summed E-state index contributed by atoms with van der Waals surface area (Å²) in [6.07, 6.45) is 1.71. The fourth-order valence-corrected chi connectivity index (χ4v) is 3.06. The highest BCUT2D eigenvalue weighted by molar-refractivity contribution is 9.10. The third-order valence-electron chi connectivity index (χ3n) is 3.82. The maximum atomic E-state index is 12.4. The summed E-state index contributed by atoms with van der Waals surface area (Å²) in [5.41, 5.74) is 0.124. The van der Waals surface area contributed by atoms with Crippen LogP contribution in [0.3, 0.4) is 0 Å². The molecule has 0 aromatic heterocycles. The van der Waals surface area contributed by atoms with E-state index in [-0.39, 0.29) is 5.91 Å². The van der Waals surface area contributed by atoms with Crippen molar-refractivity contribution in [1.82, 2.24) is 0 Å². The molecule has 1 amide bonds. The highest BCUT2D eigenvalue weighted by Gasteiger charge is 2.37. The highest BCUT2D eigenvalue weighted by atomic mass is 79.9. The van der Waals surface area contributed by atoms with Crippen LogP contribution in [0, 0.1) is 0 Å². The van der Waals surface area contributed by atoms with Gasteiger partial charge in [0.25, 0.3) is 5.91 Å². The van der Waals surface area contributed by atoms with Crippen LogP contribution in [-0.4, -0.2) is 18.1 Å². The summed E-state index contributed by atoms with van der Waals surface area (Å²) in [5.74, 6) is -0.0672. The van der Waals surface area contributed by atoms with Crippen molar-refractivity contribution in [3.05, 3.63) is 40.9 Å². The zero-order valence-electron chi connectivity index (χ0n) is 11.3. The van der Waals surface area contributed by atoms with Crippen molar-refractivity contribution < 1.29 is 9.53 Å². The third-order valence-corrected chi connectivity index (χ3v) is 4.51. The Morgan fingerprint density at radius 3 is 2.70 bits per heavy atom. The monoisotopic (exact) mass is 333 g/mol. The fraction of sp³-hybridized carbons (Fsp3) is 0.312. The van der Waals surface area contributed by atoms with Gasteiger partial charge >= 0.3 is 0 Å². The Balaban J connectivity index is 1.95. The number of hydrogen-bond donors (Lipinski definition) is 1. The smallest absolute Gasteiger partial charge is 0.256 e. The lowest BCUT2D eigenvalue weighted by Crippen LogP contribution is -2.39. The van der Waals surface area contributed by atoms with E-state index < -0.39 is 5.60 Å².